The van der Waals surface area contributed by atoms with E-state index in [0.29, 0.717) is 17.5 Å². The summed E-state index contributed by atoms with van der Waals surface area (Å²) in [5.41, 5.74) is 2.09. The third-order valence-electron chi connectivity index (χ3n) is 5.90. The summed E-state index contributed by atoms with van der Waals surface area (Å²) in [4.78, 5) is 19.4. The van der Waals surface area contributed by atoms with Gasteiger partial charge in [-0.2, -0.15) is 0 Å². The number of rotatable bonds is 8. The van der Waals surface area contributed by atoms with Gasteiger partial charge in [-0.15, -0.1) is 0 Å². The number of halogens is 1. The molecule has 0 bridgehead atoms. The fourth-order valence-electron chi connectivity index (χ4n) is 3.99. The van der Waals surface area contributed by atoms with Gasteiger partial charge in [0.25, 0.3) is 0 Å². The molecule has 0 radical (unpaired) electrons. The van der Waals surface area contributed by atoms with Crippen LogP contribution in [0.4, 0.5) is 0 Å². The van der Waals surface area contributed by atoms with Gasteiger partial charge in [-0.25, -0.2) is 0 Å². The number of carbonyl (C=O) groups excluding carboxylic acids is 1. The van der Waals surface area contributed by atoms with Crippen molar-refractivity contribution in [1.82, 2.24) is 9.88 Å². The van der Waals surface area contributed by atoms with Crippen molar-refractivity contribution in [2.24, 2.45) is 5.92 Å². The summed E-state index contributed by atoms with van der Waals surface area (Å²) in [5.74, 6) is 0.471. The lowest BCUT2D eigenvalue weighted by Crippen LogP contribution is -2.40. The number of hydrogen-bond donors (Lipinski definition) is 0. The Hall–Kier alpha value is -2.33. The van der Waals surface area contributed by atoms with Gasteiger partial charge in [0.15, 0.2) is 5.88 Å². The van der Waals surface area contributed by atoms with Gasteiger partial charge in [0.2, 0.25) is 5.91 Å². The van der Waals surface area contributed by atoms with Crippen LogP contribution in [0, 0.1) is 5.92 Å². The molecule has 1 aliphatic heterocycles. The normalized spacial score (nSPS) is 17.7. The second kappa shape index (κ2) is 9.65. The van der Waals surface area contributed by atoms with Crippen LogP contribution in [0.25, 0.3) is 0 Å². The highest BCUT2D eigenvalue weighted by atomic mass is 35.5. The van der Waals surface area contributed by atoms with Gasteiger partial charge >= 0.3 is 0 Å². The number of ether oxygens (including phenoxy) is 1. The third-order valence-corrected chi connectivity index (χ3v) is 6.14. The molecular weight excluding hydrogens is 396 g/mol. The monoisotopic (exact) mass is 426 g/mol. The third kappa shape index (κ3) is 5.42. The molecule has 2 aromatic rings. The predicted molar refractivity (Wildman–Crippen MR) is 121 cm³/mol. The smallest absolute Gasteiger partial charge is 0.232 e. The van der Waals surface area contributed by atoms with E-state index in [0.717, 1.165) is 31.4 Å². The summed E-state index contributed by atoms with van der Waals surface area (Å²) in [7, 11) is 0. The molecule has 0 aliphatic carbocycles. The average Bonchev–Trinajstić information content (AvgIpc) is 3.08. The summed E-state index contributed by atoms with van der Waals surface area (Å²) >= 11 is 6.12. The molecule has 1 fully saturated rings. The number of amides is 1. The molecule has 0 spiro atoms. The van der Waals surface area contributed by atoms with E-state index < -0.39 is 0 Å². The number of aromatic nitrogens is 1. The van der Waals surface area contributed by atoms with E-state index in [9.17, 15) is 4.79 Å². The standard InChI is InChI=1S/C25H31ClN2O2/c1-18(9-8-13-25(3,4)23-16-21(26)12-14-27-23)24(29)28-19(2)30-17-22(28)15-20-10-6-5-7-11-20/h5-7,10-12,14,16,18,22H,2,8-9,13,15,17H2,1,3-4H3/t18-,22-/m1/s1. The van der Waals surface area contributed by atoms with Crippen molar-refractivity contribution in [3.63, 3.8) is 0 Å². The highest BCUT2D eigenvalue weighted by molar-refractivity contribution is 6.30. The molecule has 5 heteroatoms. The molecule has 160 valence electrons. The summed E-state index contributed by atoms with van der Waals surface area (Å²) < 4.78 is 5.64. The largest absolute Gasteiger partial charge is 0.477 e. The van der Waals surface area contributed by atoms with Gasteiger partial charge in [-0.1, -0.05) is 69.1 Å². The molecule has 0 N–H and O–H groups in total. The lowest BCUT2D eigenvalue weighted by atomic mass is 9.82. The molecule has 4 nitrogen and oxygen atoms in total. The van der Waals surface area contributed by atoms with Gasteiger partial charge in [0.1, 0.15) is 6.61 Å². The minimum absolute atomic E-state index is 0.00181. The Kier molecular flexibility index (Phi) is 7.19. The fraction of sp³-hybridized carbons (Fsp3) is 0.440. The summed E-state index contributed by atoms with van der Waals surface area (Å²) in [6.07, 6.45) is 5.19. The molecule has 2 heterocycles. The second-order valence-electron chi connectivity index (χ2n) is 8.79. The van der Waals surface area contributed by atoms with E-state index in [2.05, 4.69) is 37.5 Å². The van der Waals surface area contributed by atoms with E-state index in [1.165, 1.54) is 5.56 Å². The van der Waals surface area contributed by atoms with E-state index in [1.807, 2.05) is 31.2 Å². The first-order valence-electron chi connectivity index (χ1n) is 10.6. The predicted octanol–water partition coefficient (Wildman–Crippen LogP) is 5.76. The number of carbonyl (C=O) groups is 1. The first-order chi connectivity index (χ1) is 14.3. The average molecular weight is 427 g/mol. The minimum atomic E-state index is -0.0934. The number of benzene rings is 1. The molecule has 0 saturated carbocycles. The van der Waals surface area contributed by atoms with E-state index >= 15 is 0 Å². The van der Waals surface area contributed by atoms with Gasteiger partial charge in [0.05, 0.1) is 6.04 Å². The molecule has 30 heavy (non-hydrogen) atoms. The Morgan fingerprint density at radius 3 is 2.77 bits per heavy atom. The van der Waals surface area contributed by atoms with Crippen LogP contribution in [0.15, 0.2) is 61.1 Å². The van der Waals surface area contributed by atoms with Crippen LogP contribution in [0.3, 0.4) is 0 Å². The van der Waals surface area contributed by atoms with Crippen LogP contribution in [0.2, 0.25) is 5.02 Å². The topological polar surface area (TPSA) is 42.4 Å². The molecule has 2 atom stereocenters. The van der Waals surface area contributed by atoms with Crippen molar-refractivity contribution in [2.45, 2.75) is 57.9 Å². The zero-order chi connectivity index (χ0) is 21.7. The zero-order valence-corrected chi connectivity index (χ0v) is 18.9. The van der Waals surface area contributed by atoms with E-state index in [4.69, 9.17) is 16.3 Å². The summed E-state index contributed by atoms with van der Waals surface area (Å²) in [6.45, 7) is 10.8. The maximum atomic E-state index is 13.2. The Labute approximate surface area is 184 Å². The number of pyridine rings is 1. The Morgan fingerprint density at radius 2 is 2.07 bits per heavy atom. The molecule has 1 amide bonds. The minimum Gasteiger partial charge on any atom is -0.477 e. The van der Waals surface area contributed by atoms with Crippen LogP contribution < -0.4 is 0 Å². The van der Waals surface area contributed by atoms with Crippen LogP contribution in [0.5, 0.6) is 0 Å². The lowest BCUT2D eigenvalue weighted by molar-refractivity contribution is -0.134. The van der Waals surface area contributed by atoms with Crippen LogP contribution >= 0.6 is 11.6 Å². The SMILES string of the molecule is C=C1OC[C@@H](Cc2ccccc2)N1C(=O)[C@H](C)CCCC(C)(C)c1cc(Cl)ccn1. The first-order valence-corrected chi connectivity index (χ1v) is 11.0. The van der Waals surface area contributed by atoms with Crippen molar-refractivity contribution in [2.75, 3.05) is 6.61 Å². The summed E-state index contributed by atoms with van der Waals surface area (Å²) in [6, 6.07) is 13.9. The maximum absolute atomic E-state index is 13.2. The van der Waals surface area contributed by atoms with Gasteiger partial charge in [-0.3, -0.25) is 14.7 Å². The molecule has 1 aromatic carbocycles. The Bertz CT molecular complexity index is 882. The van der Waals surface area contributed by atoms with Crippen molar-refractivity contribution in [1.29, 1.82) is 0 Å². The quantitative estimate of drug-likeness (QED) is 0.538. The van der Waals surface area contributed by atoms with Crippen LogP contribution in [-0.2, 0) is 21.4 Å². The number of nitrogens with zero attached hydrogens (tertiary/aromatic N) is 2. The molecule has 0 unspecified atom stereocenters. The zero-order valence-electron chi connectivity index (χ0n) is 18.1. The molecular formula is C25H31ClN2O2. The highest BCUT2D eigenvalue weighted by Crippen LogP contribution is 2.31. The first kappa shape index (κ1) is 22.4. The second-order valence-corrected chi connectivity index (χ2v) is 9.23. The van der Waals surface area contributed by atoms with E-state index in [1.54, 1.807) is 17.2 Å². The molecule has 3 rings (SSSR count). The fourth-order valence-corrected chi connectivity index (χ4v) is 4.15. The summed E-state index contributed by atoms with van der Waals surface area (Å²) in [5, 5.41) is 0.702. The van der Waals surface area contributed by atoms with Crippen molar-refractivity contribution in [3.05, 3.63) is 77.4 Å². The van der Waals surface area contributed by atoms with Crippen molar-refractivity contribution in [3.8, 4) is 0 Å². The molecule has 1 aliphatic rings. The van der Waals surface area contributed by atoms with Crippen LogP contribution in [0.1, 0.15) is 51.3 Å². The number of hydrogen-bond acceptors (Lipinski definition) is 3. The van der Waals surface area contributed by atoms with Crippen molar-refractivity contribution < 1.29 is 9.53 Å². The molecule has 1 aromatic heterocycles. The lowest BCUT2D eigenvalue weighted by Gasteiger charge is -2.27. The van der Waals surface area contributed by atoms with Crippen molar-refractivity contribution >= 4 is 17.5 Å². The van der Waals surface area contributed by atoms with Crippen LogP contribution in [-0.4, -0.2) is 28.4 Å². The van der Waals surface area contributed by atoms with Gasteiger partial charge < -0.3 is 4.74 Å². The van der Waals surface area contributed by atoms with E-state index in [-0.39, 0.29) is 23.3 Å². The Morgan fingerprint density at radius 1 is 1.33 bits per heavy atom. The van der Waals surface area contributed by atoms with Gasteiger partial charge in [0, 0.05) is 28.2 Å². The highest BCUT2D eigenvalue weighted by Gasteiger charge is 2.36. The Balaban J connectivity index is 1.57. The van der Waals surface area contributed by atoms with Gasteiger partial charge in [-0.05, 0) is 43.5 Å². The molecule has 1 saturated heterocycles. The maximum Gasteiger partial charge on any atom is 0.232 e.